The van der Waals surface area contributed by atoms with E-state index in [2.05, 4.69) is 167 Å². The number of rotatable bonds is 14. The van der Waals surface area contributed by atoms with E-state index < -0.39 is 20.0 Å². The summed E-state index contributed by atoms with van der Waals surface area (Å²) in [4.78, 5) is 60.6. The van der Waals surface area contributed by atoms with Crippen LogP contribution >= 0.6 is 0 Å². The fraction of sp³-hybridized carbons (Fsp3) is 0.252. The Morgan fingerprint density at radius 1 is 0.397 bits per heavy atom. The van der Waals surface area contributed by atoms with E-state index in [1.807, 2.05) is 268 Å². The number of ether oxygens (including phenoxy) is 3. The van der Waals surface area contributed by atoms with Crippen LogP contribution < -0.4 is 55.6 Å². The number of sulfonamides is 2. The number of pyridine rings is 1. The number of hydrogen-bond acceptors (Lipinski definition) is 14. The average Bonchev–Trinajstić information content (AvgIpc) is 1.68. The molecule has 14 rings (SSSR count). The van der Waals surface area contributed by atoms with Gasteiger partial charge in [0.2, 0.25) is 49.6 Å². The highest BCUT2D eigenvalue weighted by molar-refractivity contribution is 7.92. The molecule has 0 saturated heterocycles. The maximum atomic E-state index is 11.9. The number of fused-ring (bicyclic) bond motifs is 1. The van der Waals surface area contributed by atoms with Crippen LogP contribution in [0.4, 0.5) is 45.5 Å². The quantitative estimate of drug-likeness (QED) is 0.0394. The summed E-state index contributed by atoms with van der Waals surface area (Å²) in [7, 11) is -3.22. The fourth-order valence-corrected chi connectivity index (χ4v) is 13.4. The van der Waals surface area contributed by atoms with Crippen molar-refractivity contribution in [3.05, 3.63) is 322 Å². The highest BCUT2D eigenvalue weighted by atomic mass is 32.2. The first-order chi connectivity index (χ1) is 70.2. The van der Waals surface area contributed by atoms with Gasteiger partial charge in [-0.3, -0.25) is 33.0 Å². The molecule has 0 radical (unpaired) electrons. The lowest BCUT2D eigenvalue weighted by molar-refractivity contribution is -0.120. The third-order valence-corrected chi connectivity index (χ3v) is 21.1. The predicted molar refractivity (Wildman–Crippen MR) is 599 cm³/mol. The fourth-order valence-electron chi connectivity index (χ4n) is 12.3. The molecule has 1 aromatic heterocycles. The van der Waals surface area contributed by atoms with Gasteiger partial charge in [0.15, 0.2) is 11.5 Å². The van der Waals surface area contributed by atoms with Crippen molar-refractivity contribution in [1.82, 2.24) is 4.98 Å². The molecule has 0 unspecified atom stereocenters. The second-order valence-corrected chi connectivity index (χ2v) is 35.4. The highest BCUT2D eigenvalue weighted by Gasteiger charge is 2.29. The SMILES string of the molecule is CC#Cc1ccc(N(C)S(C)(=O)=O)cc1.CC#Cc1ccc(NC(=O)C2CC2)cc1.CC#Cc1ccc(NC(=O)C2CCCC2)cc1.CC#Cc1ccc2c(c1)OCCO2.CC#Cc1cccc(N)c1.CC#Cc1cccc(NC(=O)C(C)C)c1.CC#Cc1cccc(NC(=O)CC)c1.CC#Cc1cccc(NC(C)=O)c1.CC#Cc1cccc(NS(C)(=O)=O)c1.CC#Cc1cccc(OC)c1.CC#Cc1ccccn1. The number of nitrogens with zero attached hydrogens (tertiary/aromatic N) is 2. The van der Waals surface area contributed by atoms with E-state index >= 15 is 0 Å². The van der Waals surface area contributed by atoms with Crippen LogP contribution in [-0.2, 0) is 44.0 Å². The zero-order valence-corrected chi connectivity index (χ0v) is 88.2. The molecule has 10 aromatic carbocycles. The smallest absolute Gasteiger partial charge is 0.231 e. The number of amides is 5. The lowest BCUT2D eigenvalue weighted by Crippen LogP contribution is -2.24. The van der Waals surface area contributed by atoms with Crippen LogP contribution in [0.5, 0.6) is 17.2 Å². The van der Waals surface area contributed by atoms with Crippen molar-refractivity contribution in [1.29, 1.82) is 0 Å². The van der Waals surface area contributed by atoms with E-state index in [4.69, 9.17) is 19.9 Å². The number of nitrogen functional groups attached to an aromatic ring is 1. The number of methoxy groups -OCH3 is 1. The van der Waals surface area contributed by atoms with Crippen LogP contribution in [0.1, 0.15) is 210 Å². The summed E-state index contributed by atoms with van der Waals surface area (Å²) >= 11 is 0. The number of carbonyl (C=O) groups excluding carboxylic acids is 5. The summed E-state index contributed by atoms with van der Waals surface area (Å²) in [5.41, 5.74) is 21.7. The zero-order valence-electron chi connectivity index (χ0n) is 86.6. The minimum atomic E-state index is -3.21. The minimum absolute atomic E-state index is 0.00841. The van der Waals surface area contributed by atoms with Crippen molar-refractivity contribution in [3.8, 4) is 147 Å². The van der Waals surface area contributed by atoms with Crippen molar-refractivity contribution in [3.63, 3.8) is 0 Å². The van der Waals surface area contributed by atoms with E-state index in [-0.39, 0.29) is 47.3 Å². The van der Waals surface area contributed by atoms with Gasteiger partial charge in [-0.1, -0.05) is 141 Å². The number of nitrogens with two attached hydrogens (primary N) is 1. The maximum Gasteiger partial charge on any atom is 0.231 e. The number of hydrogen-bond donors (Lipinski definition) is 7. The molecule has 5 amide bonds. The summed E-state index contributed by atoms with van der Waals surface area (Å²) < 4.78 is 63.8. The average molecular weight is 1990 g/mol. The van der Waals surface area contributed by atoms with Gasteiger partial charge in [0.05, 0.1) is 25.3 Å². The van der Waals surface area contributed by atoms with Crippen molar-refractivity contribution in [2.45, 2.75) is 149 Å². The highest BCUT2D eigenvalue weighted by Crippen LogP contribution is 2.32. The van der Waals surface area contributed by atoms with Gasteiger partial charge in [0, 0.05) is 140 Å². The van der Waals surface area contributed by atoms with Gasteiger partial charge in [-0.2, -0.15) is 0 Å². The van der Waals surface area contributed by atoms with Crippen molar-refractivity contribution in [2.75, 3.05) is 81.2 Å². The Kier molecular flexibility index (Phi) is 57.5. The third kappa shape index (κ3) is 52.7. The first kappa shape index (κ1) is 121. The Labute approximate surface area is 866 Å². The number of nitrogens with one attached hydrogen (secondary N) is 6. The summed E-state index contributed by atoms with van der Waals surface area (Å²) in [5, 5.41) is 14.2. The summed E-state index contributed by atoms with van der Waals surface area (Å²) in [5.74, 6) is 66.3. The number of carbonyl (C=O) groups is 5. The molecule has 23 heteroatoms. The van der Waals surface area contributed by atoms with Crippen LogP contribution in [0.2, 0.25) is 0 Å². The van der Waals surface area contributed by atoms with Crippen LogP contribution in [0.15, 0.2) is 261 Å². The Morgan fingerprint density at radius 3 is 1.14 bits per heavy atom. The molecule has 21 nitrogen and oxygen atoms in total. The second-order valence-electron chi connectivity index (χ2n) is 31.6. The zero-order chi connectivity index (χ0) is 107. The van der Waals surface area contributed by atoms with Crippen LogP contribution in [0.3, 0.4) is 0 Å². The summed E-state index contributed by atoms with van der Waals surface area (Å²) in [6.45, 7) is 28.0. The first-order valence-corrected chi connectivity index (χ1v) is 50.6. The molecule has 2 heterocycles. The molecule has 2 aliphatic carbocycles. The van der Waals surface area contributed by atoms with E-state index in [0.717, 1.165) is 145 Å². The molecule has 0 bridgehead atoms. The number of aromatic nitrogens is 1. The Hall–Kier alpha value is -17.4. The number of anilines is 8. The third-order valence-electron chi connectivity index (χ3n) is 19.3. The predicted octanol–water partition coefficient (Wildman–Crippen LogP) is 22.5. The van der Waals surface area contributed by atoms with E-state index in [9.17, 15) is 40.8 Å². The van der Waals surface area contributed by atoms with Crippen LogP contribution in [-0.4, -0.2) is 91.2 Å². The molecule has 146 heavy (non-hydrogen) atoms. The van der Waals surface area contributed by atoms with E-state index in [1.54, 1.807) is 97.3 Å². The lowest BCUT2D eigenvalue weighted by atomic mass is 10.1. The van der Waals surface area contributed by atoms with Crippen LogP contribution in [0, 0.1) is 148 Å². The van der Waals surface area contributed by atoms with Gasteiger partial charge in [-0.25, -0.2) is 21.8 Å². The maximum absolute atomic E-state index is 11.9. The molecular formula is C123H129N9O12S2. The molecule has 11 aromatic rings. The van der Waals surface area contributed by atoms with Gasteiger partial charge in [-0.15, -0.1) is 59.2 Å². The summed E-state index contributed by atoms with van der Waals surface area (Å²) in [6, 6.07) is 78.5. The molecule has 0 spiro atoms. The molecular weight excluding hydrogens is 1860 g/mol. The standard InChI is InChI=1S/C15H17NO.C13H13NO.C13H15NO.C12H13NO.C11H13NO2S.C11H11NO.C11H10O2.C10H11NO2S.C10H10O.C9H9N.C8H7N/c1-2-5-12-8-10-14(11-9-12)16-15(17)13-6-3-4-7-13;1-2-3-10-4-8-12(9-5-10)14-13(15)11-6-7-11;1-4-6-11-7-5-8-12(9-11)14-13(15)10(2)3;1-3-6-10-7-5-8-11(9-10)13-12(14)4-2;1-4-5-10-6-8-11(9-7-10)12(2)15(3,13)14;1-3-5-10-6-4-7-11(8-10)12-9(2)13;1-2-3-9-4-5-10-11(8-9)13-7-6-12-10;1-3-5-9-6-4-7-10(8-9)11-14(2,12)13;1-3-5-9-6-4-7-10(8-9)11-2;1-2-4-8-5-3-6-9(10)7-8;1-2-5-8-6-3-4-7-9-8/h8-11,13H,3-4,6-7H2,1H3,(H,16,17);4-5,8-9,11H,6-7H2,1H3,(H,14,15);5,7-10H,1-3H3,(H,14,15);5,7-9H,4H2,1-2H3,(H,13,14);6-9H,1-3H3;4,6-8H,1-2H3,(H,12,13);4-5,8H,6-7H2,1H3;4,6-8,11H,1-2H3;4,6-8H,1-2H3;3,5-7H,10H2,1H3;3-4,6-7H,1H3. The Balaban J connectivity index is 0.000000336. The topological polar surface area (TPSA) is 296 Å². The molecule has 1 aliphatic heterocycles. The molecule has 0 atom stereocenters. The Morgan fingerprint density at radius 2 is 0.760 bits per heavy atom. The molecule has 2 saturated carbocycles. The monoisotopic (exact) mass is 1990 g/mol. The molecule has 3 aliphatic rings. The van der Waals surface area contributed by atoms with Crippen LogP contribution in [0.25, 0.3) is 0 Å². The van der Waals surface area contributed by atoms with Gasteiger partial charge in [0.25, 0.3) is 0 Å². The van der Waals surface area contributed by atoms with Gasteiger partial charge < -0.3 is 46.5 Å². The summed E-state index contributed by atoms with van der Waals surface area (Å²) in [6.07, 6.45) is 11.0. The second kappa shape index (κ2) is 69.4. The van der Waals surface area contributed by atoms with Gasteiger partial charge in [-0.05, 0) is 320 Å². The Bertz CT molecular complexity index is 7130. The van der Waals surface area contributed by atoms with Gasteiger partial charge in [0.1, 0.15) is 24.7 Å². The minimum Gasteiger partial charge on any atom is -0.497 e. The van der Waals surface area contributed by atoms with Crippen molar-refractivity contribution in [2.24, 2.45) is 17.8 Å². The first-order valence-electron chi connectivity index (χ1n) is 46.8. The van der Waals surface area contributed by atoms with E-state index in [0.29, 0.717) is 31.0 Å². The lowest BCUT2D eigenvalue weighted by Gasteiger charge is -2.17. The largest absolute Gasteiger partial charge is 0.497 e. The van der Waals surface area contributed by atoms with Gasteiger partial charge >= 0.3 is 0 Å². The van der Waals surface area contributed by atoms with Crippen molar-refractivity contribution < 1.29 is 55.0 Å². The van der Waals surface area contributed by atoms with E-state index in [1.165, 1.54) is 37.4 Å². The molecule has 750 valence electrons. The molecule has 2 fully saturated rings. The normalized spacial score (nSPS) is 10.6. The molecule has 8 N–H and O–H groups in total. The number of benzene rings is 10. The van der Waals surface area contributed by atoms with Crippen molar-refractivity contribution >= 4 is 95.1 Å².